The van der Waals surface area contributed by atoms with Gasteiger partial charge in [-0.2, -0.15) is 0 Å². The molecule has 0 saturated carbocycles. The topological polar surface area (TPSA) is 20.3 Å². The van der Waals surface area contributed by atoms with Crippen LogP contribution in [0.25, 0.3) is 0 Å². The van der Waals surface area contributed by atoms with Crippen molar-refractivity contribution in [2.24, 2.45) is 0 Å². The van der Waals surface area contributed by atoms with E-state index in [9.17, 15) is 4.79 Å². The molecule has 0 radical (unpaired) electrons. The third-order valence-electron chi connectivity index (χ3n) is 5.51. The Hall–Kier alpha value is -2.09. The van der Waals surface area contributed by atoms with E-state index >= 15 is 0 Å². The van der Waals surface area contributed by atoms with Gasteiger partial charge in [0.2, 0.25) is 5.91 Å². The van der Waals surface area contributed by atoms with Gasteiger partial charge in [-0.25, -0.2) is 0 Å². The van der Waals surface area contributed by atoms with Crippen molar-refractivity contribution in [2.45, 2.75) is 37.3 Å². The Morgan fingerprint density at radius 2 is 1.43 bits per heavy atom. The normalized spacial score (nSPS) is 28.0. The van der Waals surface area contributed by atoms with Crippen LogP contribution in [0.1, 0.15) is 53.1 Å². The van der Waals surface area contributed by atoms with Gasteiger partial charge in [0.1, 0.15) is 0 Å². The summed E-state index contributed by atoms with van der Waals surface area (Å²) in [5.41, 5.74) is 5.36. The van der Waals surface area contributed by atoms with Crippen molar-refractivity contribution >= 4 is 5.91 Å². The molecule has 1 aliphatic carbocycles. The fourth-order valence-corrected chi connectivity index (χ4v) is 4.51. The molecule has 5 rings (SSSR count). The average molecular weight is 275 g/mol. The van der Waals surface area contributed by atoms with Gasteiger partial charge < -0.3 is 4.90 Å². The van der Waals surface area contributed by atoms with Crippen molar-refractivity contribution in [3.63, 3.8) is 0 Å². The number of hydrogen-bond acceptors (Lipinski definition) is 1. The Morgan fingerprint density at radius 3 is 2.05 bits per heavy atom. The lowest BCUT2D eigenvalue weighted by Gasteiger charge is -2.34. The van der Waals surface area contributed by atoms with E-state index in [1.807, 2.05) is 6.07 Å². The molecule has 104 valence electrons. The van der Waals surface area contributed by atoms with E-state index in [0.717, 1.165) is 19.3 Å². The molecule has 1 fully saturated rings. The maximum absolute atomic E-state index is 13.0. The molecule has 0 unspecified atom stereocenters. The molecule has 0 spiro atoms. The zero-order chi connectivity index (χ0) is 14.0. The first-order chi connectivity index (χ1) is 10.3. The smallest absolute Gasteiger partial charge is 0.231 e. The number of hydrogen-bond donors (Lipinski definition) is 0. The predicted molar refractivity (Wildman–Crippen MR) is 80.9 cm³/mol. The fourth-order valence-electron chi connectivity index (χ4n) is 4.51. The van der Waals surface area contributed by atoms with Crippen LogP contribution in [0, 0.1) is 0 Å². The number of carbonyl (C=O) groups excluding carboxylic acids is 1. The molecule has 2 heterocycles. The van der Waals surface area contributed by atoms with Crippen molar-refractivity contribution < 1.29 is 4.79 Å². The molecule has 2 aromatic rings. The summed E-state index contributed by atoms with van der Waals surface area (Å²) in [6.07, 6.45) is 3.17. The highest BCUT2D eigenvalue weighted by Gasteiger charge is 2.49. The molecule has 21 heavy (non-hydrogen) atoms. The minimum atomic E-state index is 0.0959. The minimum Gasteiger partial charge on any atom is -0.328 e. The van der Waals surface area contributed by atoms with E-state index in [0.29, 0.717) is 18.0 Å². The van der Waals surface area contributed by atoms with Gasteiger partial charge in [-0.3, -0.25) is 4.79 Å². The van der Waals surface area contributed by atoms with Crippen LogP contribution in [-0.4, -0.2) is 10.8 Å². The minimum absolute atomic E-state index is 0.0959. The number of benzene rings is 2. The first kappa shape index (κ1) is 11.6. The summed E-state index contributed by atoms with van der Waals surface area (Å²) in [7, 11) is 0. The summed E-state index contributed by atoms with van der Waals surface area (Å²) in [6, 6.07) is 17.6. The highest BCUT2D eigenvalue weighted by Crippen LogP contribution is 2.54. The number of amides is 1. The van der Waals surface area contributed by atoms with Crippen LogP contribution in [0.5, 0.6) is 0 Å². The highest BCUT2D eigenvalue weighted by atomic mass is 16.2. The zero-order valence-corrected chi connectivity index (χ0v) is 11.8. The van der Waals surface area contributed by atoms with Crippen molar-refractivity contribution in [3.05, 3.63) is 70.8 Å². The van der Waals surface area contributed by atoms with E-state index < -0.39 is 0 Å². The molecule has 2 bridgehead atoms. The summed E-state index contributed by atoms with van der Waals surface area (Å²) < 4.78 is 0. The molecule has 1 saturated heterocycles. The number of carbonyl (C=O) groups is 1. The number of nitrogens with zero attached hydrogens (tertiary/aromatic N) is 1. The van der Waals surface area contributed by atoms with E-state index in [-0.39, 0.29) is 5.92 Å². The van der Waals surface area contributed by atoms with Gasteiger partial charge in [0, 0.05) is 0 Å². The van der Waals surface area contributed by atoms with E-state index in [1.54, 1.807) is 0 Å². The van der Waals surface area contributed by atoms with E-state index in [4.69, 9.17) is 0 Å². The Morgan fingerprint density at radius 1 is 0.857 bits per heavy atom. The van der Waals surface area contributed by atoms with Crippen LogP contribution in [-0.2, 0) is 11.2 Å². The van der Waals surface area contributed by atoms with Crippen LogP contribution in [0.4, 0.5) is 0 Å². The fraction of sp³-hybridized carbons (Fsp3) is 0.316. The van der Waals surface area contributed by atoms with Gasteiger partial charge in [0.25, 0.3) is 0 Å². The van der Waals surface area contributed by atoms with Crippen LogP contribution in [0.15, 0.2) is 48.5 Å². The zero-order valence-electron chi connectivity index (χ0n) is 11.8. The van der Waals surface area contributed by atoms with Crippen molar-refractivity contribution in [1.82, 2.24) is 4.90 Å². The SMILES string of the molecule is O=C([C@@H]1Cc2ccccc21)N1[C@H]2CC[C@H]1c1ccccc12. The second-order valence-corrected chi connectivity index (χ2v) is 6.44. The molecule has 2 aromatic carbocycles. The highest BCUT2D eigenvalue weighted by molar-refractivity contribution is 5.88. The molecule has 2 aliphatic heterocycles. The van der Waals surface area contributed by atoms with Crippen molar-refractivity contribution in [2.75, 3.05) is 0 Å². The maximum atomic E-state index is 13.0. The number of rotatable bonds is 1. The Kier molecular flexibility index (Phi) is 2.19. The van der Waals surface area contributed by atoms with Gasteiger partial charge in [0.05, 0.1) is 18.0 Å². The van der Waals surface area contributed by atoms with E-state index in [1.165, 1.54) is 22.3 Å². The quantitative estimate of drug-likeness (QED) is 0.776. The molecule has 0 aromatic heterocycles. The first-order valence-corrected chi connectivity index (χ1v) is 7.83. The summed E-state index contributed by atoms with van der Waals surface area (Å²) in [5.74, 6) is 0.441. The second-order valence-electron chi connectivity index (χ2n) is 6.44. The lowest BCUT2D eigenvalue weighted by atomic mass is 9.76. The van der Waals surface area contributed by atoms with Gasteiger partial charge in [0.15, 0.2) is 0 Å². The third-order valence-corrected chi connectivity index (χ3v) is 5.51. The second kappa shape index (κ2) is 3.97. The van der Waals surface area contributed by atoms with Crippen LogP contribution < -0.4 is 0 Å². The third kappa shape index (κ3) is 1.40. The average Bonchev–Trinajstić information content (AvgIpc) is 3.05. The number of fused-ring (bicyclic) bond motifs is 6. The lowest BCUT2D eigenvalue weighted by molar-refractivity contribution is -0.135. The predicted octanol–water partition coefficient (Wildman–Crippen LogP) is 3.74. The molecule has 2 heteroatoms. The van der Waals surface area contributed by atoms with Crippen LogP contribution in [0.3, 0.4) is 0 Å². The Bertz CT molecular complexity index is 720. The summed E-state index contributed by atoms with van der Waals surface area (Å²) in [6.45, 7) is 0. The Labute approximate surface area is 124 Å². The van der Waals surface area contributed by atoms with Crippen molar-refractivity contribution in [1.29, 1.82) is 0 Å². The summed E-state index contributed by atoms with van der Waals surface area (Å²) in [4.78, 5) is 15.2. The van der Waals surface area contributed by atoms with Crippen molar-refractivity contribution in [3.8, 4) is 0 Å². The van der Waals surface area contributed by atoms with Crippen LogP contribution >= 0.6 is 0 Å². The Balaban J connectivity index is 1.50. The molecule has 3 atom stereocenters. The van der Waals surface area contributed by atoms with Crippen LogP contribution in [0.2, 0.25) is 0 Å². The molecular weight excluding hydrogens is 258 g/mol. The lowest BCUT2D eigenvalue weighted by Crippen LogP contribution is -2.37. The van der Waals surface area contributed by atoms with Gasteiger partial charge in [-0.1, -0.05) is 48.5 Å². The largest absolute Gasteiger partial charge is 0.328 e. The first-order valence-electron chi connectivity index (χ1n) is 7.83. The summed E-state index contributed by atoms with van der Waals surface area (Å²) in [5, 5.41) is 0. The maximum Gasteiger partial charge on any atom is 0.231 e. The van der Waals surface area contributed by atoms with Gasteiger partial charge >= 0.3 is 0 Å². The van der Waals surface area contributed by atoms with E-state index in [2.05, 4.69) is 47.4 Å². The van der Waals surface area contributed by atoms with Gasteiger partial charge in [-0.15, -0.1) is 0 Å². The molecule has 0 N–H and O–H groups in total. The molecule has 1 amide bonds. The molecule has 3 aliphatic rings. The standard InChI is InChI=1S/C19H17NO/c21-19(16-11-12-5-1-2-6-13(12)16)20-17-9-10-18(20)15-8-4-3-7-14(15)17/h1-8,16-18H,9-11H2/t16-,17+,18+/m1/s1. The monoisotopic (exact) mass is 275 g/mol. The summed E-state index contributed by atoms with van der Waals surface area (Å²) >= 11 is 0. The molecular formula is C19H17NO. The van der Waals surface area contributed by atoms with Gasteiger partial charge in [-0.05, 0) is 41.5 Å². The molecule has 2 nitrogen and oxygen atoms in total.